The Hall–Kier alpha value is -1.64. The summed E-state index contributed by atoms with van der Waals surface area (Å²) in [5, 5.41) is 9.27. The second-order valence-corrected chi connectivity index (χ2v) is 5.61. The van der Waals surface area contributed by atoms with Gasteiger partial charge in [0.2, 0.25) is 0 Å². The fourth-order valence-corrected chi connectivity index (χ4v) is 3.26. The molecule has 2 aromatic rings. The highest BCUT2D eigenvalue weighted by Crippen LogP contribution is 2.35. The van der Waals surface area contributed by atoms with Crippen LogP contribution in [0.25, 0.3) is 11.6 Å². The maximum absolute atomic E-state index is 9.27. The normalized spacial score (nSPS) is 11.0. The standard InChI is InChI=1S/C15H10Br2N2O/c1-20-15-12(16)7-10(8-13(15)17)6-11(9-18)14-4-2-3-5-19-14/h2-8H,1H3/b11-6-. The van der Waals surface area contributed by atoms with Crippen LogP contribution in [0.15, 0.2) is 45.5 Å². The molecule has 2 rings (SSSR count). The molecule has 0 atom stereocenters. The van der Waals surface area contributed by atoms with E-state index in [2.05, 4.69) is 42.9 Å². The number of pyridine rings is 1. The molecule has 0 spiro atoms. The third-order valence-electron chi connectivity index (χ3n) is 2.60. The van der Waals surface area contributed by atoms with Gasteiger partial charge < -0.3 is 4.74 Å². The summed E-state index contributed by atoms with van der Waals surface area (Å²) >= 11 is 6.89. The van der Waals surface area contributed by atoms with Crippen LogP contribution >= 0.6 is 31.9 Å². The molecule has 0 aliphatic carbocycles. The van der Waals surface area contributed by atoms with Crippen LogP contribution in [0, 0.1) is 11.3 Å². The maximum Gasteiger partial charge on any atom is 0.147 e. The van der Waals surface area contributed by atoms with E-state index in [4.69, 9.17) is 4.74 Å². The van der Waals surface area contributed by atoms with Gasteiger partial charge in [-0.2, -0.15) is 5.26 Å². The third kappa shape index (κ3) is 3.27. The first-order valence-corrected chi connectivity index (χ1v) is 7.30. The Morgan fingerprint density at radius 2 is 2.00 bits per heavy atom. The van der Waals surface area contributed by atoms with Gasteiger partial charge in [-0.25, -0.2) is 0 Å². The van der Waals surface area contributed by atoms with Crippen molar-refractivity contribution in [1.29, 1.82) is 5.26 Å². The van der Waals surface area contributed by atoms with Gasteiger partial charge in [-0.05, 0) is 67.8 Å². The molecule has 0 unspecified atom stereocenters. The Morgan fingerprint density at radius 3 is 2.50 bits per heavy atom. The number of methoxy groups -OCH3 is 1. The van der Waals surface area contributed by atoms with Crippen LogP contribution in [0.2, 0.25) is 0 Å². The molecule has 0 radical (unpaired) electrons. The quantitative estimate of drug-likeness (QED) is 0.711. The van der Waals surface area contributed by atoms with Gasteiger partial charge in [-0.15, -0.1) is 0 Å². The molecule has 0 amide bonds. The summed E-state index contributed by atoms with van der Waals surface area (Å²) in [6.07, 6.45) is 3.46. The predicted octanol–water partition coefficient (Wildman–Crippen LogP) is 4.68. The predicted molar refractivity (Wildman–Crippen MR) is 86.1 cm³/mol. The number of aromatic nitrogens is 1. The second-order valence-electron chi connectivity index (χ2n) is 3.90. The monoisotopic (exact) mass is 392 g/mol. The van der Waals surface area contributed by atoms with Crippen LogP contribution < -0.4 is 4.74 Å². The fraction of sp³-hybridized carbons (Fsp3) is 0.0667. The molecule has 1 aromatic carbocycles. The van der Waals surface area contributed by atoms with Crippen LogP contribution in [0.1, 0.15) is 11.3 Å². The van der Waals surface area contributed by atoms with Gasteiger partial charge >= 0.3 is 0 Å². The summed E-state index contributed by atoms with van der Waals surface area (Å²) < 4.78 is 6.89. The molecule has 1 heterocycles. The third-order valence-corrected chi connectivity index (χ3v) is 3.78. The van der Waals surface area contributed by atoms with Crippen LogP contribution in [0.4, 0.5) is 0 Å². The summed E-state index contributed by atoms with van der Waals surface area (Å²) in [6, 6.07) is 11.4. The van der Waals surface area contributed by atoms with Gasteiger partial charge in [-0.1, -0.05) is 6.07 Å². The van der Waals surface area contributed by atoms with Crippen molar-refractivity contribution >= 4 is 43.5 Å². The van der Waals surface area contributed by atoms with Crippen molar-refractivity contribution in [3.05, 3.63) is 56.7 Å². The van der Waals surface area contributed by atoms with E-state index in [1.165, 1.54) is 0 Å². The lowest BCUT2D eigenvalue weighted by atomic mass is 10.1. The molecule has 0 aliphatic rings. The van der Waals surface area contributed by atoms with Crippen LogP contribution in [-0.2, 0) is 0 Å². The number of halogens is 2. The summed E-state index contributed by atoms with van der Waals surface area (Å²) in [7, 11) is 1.61. The van der Waals surface area contributed by atoms with Crippen molar-refractivity contribution in [3.8, 4) is 11.8 Å². The Balaban J connectivity index is 2.47. The Labute approximate surface area is 134 Å². The number of benzene rings is 1. The summed E-state index contributed by atoms with van der Waals surface area (Å²) in [5.74, 6) is 0.721. The molecule has 1 aromatic heterocycles. The molecule has 20 heavy (non-hydrogen) atoms. The minimum absolute atomic E-state index is 0.509. The Kier molecular flexibility index (Phi) is 4.94. The highest BCUT2D eigenvalue weighted by Gasteiger charge is 2.08. The average Bonchev–Trinajstić information content (AvgIpc) is 2.45. The highest BCUT2D eigenvalue weighted by molar-refractivity contribution is 9.11. The van der Waals surface area contributed by atoms with Gasteiger partial charge in [0.1, 0.15) is 11.8 Å². The molecule has 5 heteroatoms. The van der Waals surface area contributed by atoms with Crippen LogP contribution in [0.5, 0.6) is 5.75 Å². The van der Waals surface area contributed by atoms with E-state index in [0.717, 1.165) is 20.3 Å². The van der Waals surface area contributed by atoms with E-state index >= 15 is 0 Å². The number of hydrogen-bond donors (Lipinski definition) is 0. The van der Waals surface area contributed by atoms with E-state index in [1.807, 2.05) is 30.3 Å². The van der Waals surface area contributed by atoms with Crippen molar-refractivity contribution in [2.24, 2.45) is 0 Å². The highest BCUT2D eigenvalue weighted by atomic mass is 79.9. The van der Waals surface area contributed by atoms with Crippen molar-refractivity contribution in [2.45, 2.75) is 0 Å². The lowest BCUT2D eigenvalue weighted by Gasteiger charge is -2.07. The van der Waals surface area contributed by atoms with Crippen molar-refractivity contribution < 1.29 is 4.74 Å². The second kappa shape index (κ2) is 6.69. The number of allylic oxidation sites excluding steroid dienone is 1. The molecule has 3 nitrogen and oxygen atoms in total. The lowest BCUT2D eigenvalue weighted by Crippen LogP contribution is -1.89. The van der Waals surface area contributed by atoms with Gasteiger partial charge in [0.25, 0.3) is 0 Å². The zero-order valence-corrected chi connectivity index (χ0v) is 13.8. The molecule has 0 aliphatic heterocycles. The number of hydrogen-bond acceptors (Lipinski definition) is 3. The molecular weight excluding hydrogens is 384 g/mol. The molecule has 100 valence electrons. The first-order chi connectivity index (χ1) is 9.65. The van der Waals surface area contributed by atoms with Crippen LogP contribution in [0.3, 0.4) is 0 Å². The zero-order chi connectivity index (χ0) is 14.5. The summed E-state index contributed by atoms with van der Waals surface area (Å²) in [5.41, 5.74) is 2.04. The van der Waals surface area contributed by atoms with Crippen molar-refractivity contribution in [2.75, 3.05) is 7.11 Å². The minimum atomic E-state index is 0.509. The number of ether oxygens (including phenoxy) is 1. The maximum atomic E-state index is 9.27. The van der Waals surface area contributed by atoms with Gasteiger partial charge in [-0.3, -0.25) is 4.98 Å². The first-order valence-electron chi connectivity index (χ1n) is 5.72. The smallest absolute Gasteiger partial charge is 0.147 e. The summed E-state index contributed by atoms with van der Waals surface area (Å²) in [4.78, 5) is 4.19. The number of nitriles is 1. The molecule has 0 saturated carbocycles. The van der Waals surface area contributed by atoms with E-state index in [-0.39, 0.29) is 0 Å². The fourth-order valence-electron chi connectivity index (χ4n) is 1.71. The number of nitrogens with zero attached hydrogens (tertiary/aromatic N) is 2. The molecular formula is C15H10Br2N2O. The molecule has 0 fully saturated rings. The van der Waals surface area contributed by atoms with Crippen LogP contribution in [-0.4, -0.2) is 12.1 Å². The minimum Gasteiger partial charge on any atom is -0.494 e. The van der Waals surface area contributed by atoms with E-state index < -0.39 is 0 Å². The van der Waals surface area contributed by atoms with E-state index in [1.54, 1.807) is 19.4 Å². The van der Waals surface area contributed by atoms with Crippen molar-refractivity contribution in [3.63, 3.8) is 0 Å². The first kappa shape index (κ1) is 14.8. The lowest BCUT2D eigenvalue weighted by molar-refractivity contribution is 0.409. The van der Waals surface area contributed by atoms with Gasteiger partial charge in [0.05, 0.1) is 27.3 Å². The zero-order valence-electron chi connectivity index (χ0n) is 10.6. The topological polar surface area (TPSA) is 45.9 Å². The van der Waals surface area contributed by atoms with Gasteiger partial charge in [0.15, 0.2) is 0 Å². The average molecular weight is 394 g/mol. The van der Waals surface area contributed by atoms with Gasteiger partial charge in [0, 0.05) is 6.20 Å². The largest absolute Gasteiger partial charge is 0.494 e. The number of rotatable bonds is 3. The molecule has 0 bridgehead atoms. The molecule has 0 saturated heterocycles. The Bertz CT molecular complexity index is 668. The summed E-state index contributed by atoms with van der Waals surface area (Å²) in [6.45, 7) is 0. The Morgan fingerprint density at radius 1 is 1.30 bits per heavy atom. The van der Waals surface area contributed by atoms with E-state index in [9.17, 15) is 5.26 Å². The molecule has 0 N–H and O–H groups in total. The van der Waals surface area contributed by atoms with E-state index in [0.29, 0.717) is 11.3 Å². The van der Waals surface area contributed by atoms with Crippen molar-refractivity contribution in [1.82, 2.24) is 4.98 Å². The SMILES string of the molecule is COc1c(Br)cc(/C=C(/C#N)c2ccccn2)cc1Br.